The minimum absolute atomic E-state index is 0.171. The SMILES string of the molecule is C=C/C=C1/C=C(CNC(C)=O)[C@@H](C(F)(F)F)N([SH](=O)=O)/C1=C/C=C. The number of carbonyl (C=O) groups is 1. The first-order valence-electron chi connectivity index (χ1n) is 6.74. The minimum atomic E-state index is -4.86. The van der Waals surface area contributed by atoms with Crippen molar-refractivity contribution in [1.82, 2.24) is 9.62 Å². The van der Waals surface area contributed by atoms with E-state index in [2.05, 4.69) is 18.5 Å². The summed E-state index contributed by atoms with van der Waals surface area (Å²) < 4.78 is 63.8. The quantitative estimate of drug-likeness (QED) is 0.736. The topological polar surface area (TPSA) is 66.5 Å². The molecule has 0 saturated carbocycles. The van der Waals surface area contributed by atoms with E-state index in [4.69, 9.17) is 0 Å². The highest BCUT2D eigenvalue weighted by atomic mass is 32.2. The number of halogens is 3. The van der Waals surface area contributed by atoms with Crippen molar-refractivity contribution in [1.29, 1.82) is 0 Å². The predicted molar refractivity (Wildman–Crippen MR) is 85.3 cm³/mol. The van der Waals surface area contributed by atoms with Crippen LogP contribution in [0.1, 0.15) is 6.92 Å². The van der Waals surface area contributed by atoms with E-state index in [0.717, 1.165) is 6.92 Å². The number of amides is 1. The lowest BCUT2D eigenvalue weighted by Gasteiger charge is -2.37. The number of rotatable bonds is 5. The van der Waals surface area contributed by atoms with E-state index < -0.39 is 35.6 Å². The van der Waals surface area contributed by atoms with Crippen molar-refractivity contribution in [2.75, 3.05) is 6.54 Å². The average Bonchev–Trinajstić information content (AvgIpc) is 2.45. The van der Waals surface area contributed by atoms with Gasteiger partial charge in [0.1, 0.15) is 0 Å². The Morgan fingerprint density at radius 2 is 1.92 bits per heavy atom. The summed E-state index contributed by atoms with van der Waals surface area (Å²) in [6.45, 7) is 7.58. The maximum Gasteiger partial charge on any atom is 0.413 e. The van der Waals surface area contributed by atoms with E-state index in [1.165, 1.54) is 30.4 Å². The van der Waals surface area contributed by atoms with Gasteiger partial charge >= 0.3 is 6.18 Å². The Bertz CT molecular complexity index is 695. The van der Waals surface area contributed by atoms with E-state index in [9.17, 15) is 26.4 Å². The molecule has 0 saturated heterocycles. The zero-order valence-corrected chi connectivity index (χ0v) is 13.7. The molecule has 0 aromatic rings. The smallest absolute Gasteiger partial charge is 0.353 e. The summed E-state index contributed by atoms with van der Waals surface area (Å²) in [7, 11) is -3.59. The Balaban J connectivity index is 3.63. The third-order valence-electron chi connectivity index (χ3n) is 3.08. The highest BCUT2D eigenvalue weighted by Crippen LogP contribution is 2.38. The van der Waals surface area contributed by atoms with Gasteiger partial charge in [0.05, 0.1) is 5.70 Å². The van der Waals surface area contributed by atoms with Gasteiger partial charge in [-0.3, -0.25) is 9.10 Å². The summed E-state index contributed by atoms with van der Waals surface area (Å²) in [4.78, 5) is 11.0. The molecule has 1 N–H and O–H groups in total. The zero-order valence-electron chi connectivity index (χ0n) is 12.8. The van der Waals surface area contributed by atoms with E-state index in [1.807, 2.05) is 0 Å². The van der Waals surface area contributed by atoms with Gasteiger partial charge < -0.3 is 5.32 Å². The van der Waals surface area contributed by atoms with Crippen LogP contribution in [0.15, 0.2) is 60.4 Å². The molecule has 5 nitrogen and oxygen atoms in total. The molecule has 1 atom stereocenters. The number of hydrogen-bond donors (Lipinski definition) is 2. The van der Waals surface area contributed by atoms with Crippen LogP contribution >= 0.6 is 0 Å². The van der Waals surface area contributed by atoms with Gasteiger partial charge in [0.25, 0.3) is 0 Å². The van der Waals surface area contributed by atoms with Crippen molar-refractivity contribution >= 4 is 16.8 Å². The number of thiol groups is 1. The number of alkyl halides is 3. The van der Waals surface area contributed by atoms with Crippen LogP contribution in [0, 0.1) is 0 Å². The molecule has 0 bridgehead atoms. The Kier molecular flexibility index (Phi) is 6.59. The fraction of sp³-hybridized carbons (Fsp3) is 0.267. The maximum absolute atomic E-state index is 13.5. The van der Waals surface area contributed by atoms with E-state index in [1.54, 1.807) is 0 Å². The number of hydrogen-bond acceptors (Lipinski definition) is 3. The number of carbonyl (C=O) groups excluding carboxylic acids is 1. The highest BCUT2D eigenvalue weighted by Gasteiger charge is 2.50. The molecule has 1 aliphatic rings. The van der Waals surface area contributed by atoms with E-state index in [0.29, 0.717) is 0 Å². The van der Waals surface area contributed by atoms with Gasteiger partial charge in [-0.25, -0.2) is 8.42 Å². The van der Waals surface area contributed by atoms with Crippen molar-refractivity contribution in [3.63, 3.8) is 0 Å². The van der Waals surface area contributed by atoms with Crippen molar-refractivity contribution in [3.05, 3.63) is 60.4 Å². The lowest BCUT2D eigenvalue weighted by molar-refractivity contribution is -0.158. The minimum Gasteiger partial charge on any atom is -0.353 e. The van der Waals surface area contributed by atoms with E-state index in [-0.39, 0.29) is 21.1 Å². The monoisotopic (exact) mass is 362 g/mol. The van der Waals surface area contributed by atoms with Gasteiger partial charge in [0, 0.05) is 13.5 Å². The molecular weight excluding hydrogens is 345 g/mol. The number of allylic oxidation sites excluding steroid dienone is 5. The molecular formula is C15H17F3N2O3S. The van der Waals surface area contributed by atoms with Crippen LogP contribution in [0.2, 0.25) is 0 Å². The highest BCUT2D eigenvalue weighted by molar-refractivity contribution is 7.70. The summed E-state index contributed by atoms with van der Waals surface area (Å²) in [6, 6.07) is -2.40. The number of nitrogens with one attached hydrogen (secondary N) is 1. The summed E-state index contributed by atoms with van der Waals surface area (Å²) in [5.41, 5.74) is -0.258. The molecule has 132 valence electrons. The first-order valence-corrected chi connectivity index (χ1v) is 7.87. The Morgan fingerprint density at radius 1 is 1.33 bits per heavy atom. The summed E-state index contributed by atoms with van der Waals surface area (Å²) >= 11 is 0. The summed E-state index contributed by atoms with van der Waals surface area (Å²) in [6.07, 6.45) is 1.40. The molecule has 0 spiro atoms. The van der Waals surface area contributed by atoms with Crippen LogP contribution in [0.25, 0.3) is 0 Å². The number of nitrogens with zero attached hydrogens (tertiary/aromatic N) is 1. The molecule has 1 aliphatic heterocycles. The molecule has 0 aromatic heterocycles. The van der Waals surface area contributed by atoms with E-state index >= 15 is 0 Å². The van der Waals surface area contributed by atoms with Crippen molar-refractivity contribution in [2.45, 2.75) is 19.1 Å². The lowest BCUT2D eigenvalue weighted by Crippen LogP contribution is -2.50. The van der Waals surface area contributed by atoms with Crippen LogP contribution in [0.3, 0.4) is 0 Å². The van der Waals surface area contributed by atoms with Gasteiger partial charge in [0.15, 0.2) is 6.04 Å². The van der Waals surface area contributed by atoms with Crippen LogP contribution in [0.4, 0.5) is 13.2 Å². The molecule has 1 amide bonds. The molecule has 0 aliphatic carbocycles. The van der Waals surface area contributed by atoms with Gasteiger partial charge in [0.2, 0.25) is 16.8 Å². The molecule has 1 heterocycles. The Hall–Kier alpha value is -2.29. The second kappa shape index (κ2) is 8.00. The van der Waals surface area contributed by atoms with Crippen molar-refractivity contribution in [3.8, 4) is 0 Å². The van der Waals surface area contributed by atoms with Gasteiger partial charge in [-0.05, 0) is 23.3 Å². The average molecular weight is 362 g/mol. The van der Waals surface area contributed by atoms with Crippen molar-refractivity contribution < 1.29 is 26.4 Å². The summed E-state index contributed by atoms with van der Waals surface area (Å²) in [5.74, 6) is -0.531. The standard InChI is InChI=1S/C15H17F3N2O3S/c1-4-6-11-8-12(9-19-10(3)21)14(15(16,17)18)20(24(22)23)13(11)7-5-2/h4-8,14,24H,1-2,9H2,3H3,(H,19,21)/b11-6-,13-7+/t14-/m0/s1. The first-order chi connectivity index (χ1) is 11.1. The molecule has 1 rings (SSSR count). The van der Waals surface area contributed by atoms with Crippen LogP contribution in [0.5, 0.6) is 0 Å². The zero-order chi connectivity index (χ0) is 18.5. The first kappa shape index (κ1) is 19.8. The fourth-order valence-corrected chi connectivity index (χ4v) is 3.06. The van der Waals surface area contributed by atoms with Crippen LogP contribution in [-0.2, 0) is 15.7 Å². The normalized spacial score (nSPS) is 21.8. The van der Waals surface area contributed by atoms with Crippen LogP contribution in [-0.4, -0.2) is 37.4 Å². The third kappa shape index (κ3) is 4.60. The Labute approximate surface area is 139 Å². The second-order valence-corrected chi connectivity index (χ2v) is 5.71. The lowest BCUT2D eigenvalue weighted by atomic mass is 9.95. The molecule has 0 aromatic carbocycles. The third-order valence-corrected chi connectivity index (χ3v) is 3.88. The molecule has 0 radical (unpaired) electrons. The fourth-order valence-electron chi connectivity index (χ4n) is 2.23. The molecule has 9 heteroatoms. The second-order valence-electron chi connectivity index (χ2n) is 4.80. The maximum atomic E-state index is 13.5. The largest absolute Gasteiger partial charge is 0.413 e. The predicted octanol–water partition coefficient (Wildman–Crippen LogP) is 2.00. The molecule has 0 unspecified atom stereocenters. The van der Waals surface area contributed by atoms with Crippen LogP contribution < -0.4 is 5.32 Å². The Morgan fingerprint density at radius 3 is 2.33 bits per heavy atom. The summed E-state index contributed by atoms with van der Waals surface area (Å²) in [5, 5.41) is 2.26. The van der Waals surface area contributed by atoms with Gasteiger partial charge in [-0.15, -0.1) is 0 Å². The van der Waals surface area contributed by atoms with Gasteiger partial charge in [-0.1, -0.05) is 31.4 Å². The molecule has 0 fully saturated rings. The molecule has 24 heavy (non-hydrogen) atoms. The van der Waals surface area contributed by atoms with Crippen molar-refractivity contribution in [2.24, 2.45) is 0 Å². The van der Waals surface area contributed by atoms with Gasteiger partial charge in [-0.2, -0.15) is 13.2 Å².